The zero-order valence-corrected chi connectivity index (χ0v) is 11.0. The van der Waals surface area contributed by atoms with E-state index in [4.69, 9.17) is 15.2 Å². The van der Waals surface area contributed by atoms with E-state index < -0.39 is 0 Å². The maximum atomic E-state index is 11.0. The summed E-state index contributed by atoms with van der Waals surface area (Å²) in [5, 5.41) is 3.26. The average molecular weight is 252 g/mol. The van der Waals surface area contributed by atoms with E-state index in [1.807, 2.05) is 31.2 Å². The van der Waals surface area contributed by atoms with Crippen molar-refractivity contribution in [2.24, 2.45) is 5.73 Å². The molecule has 0 aliphatic heterocycles. The minimum atomic E-state index is -0.355. The molecule has 0 aromatic heterocycles. The third-order valence-electron chi connectivity index (χ3n) is 2.64. The molecule has 18 heavy (non-hydrogen) atoms. The number of rotatable bonds is 7. The number of hydrogen-bond donors (Lipinski definition) is 2. The number of benzene rings is 1. The fourth-order valence-electron chi connectivity index (χ4n) is 1.82. The molecule has 1 aromatic carbocycles. The average Bonchev–Trinajstić information content (AvgIpc) is 2.32. The summed E-state index contributed by atoms with van der Waals surface area (Å²) in [6.07, 6.45) is -0.146. The highest BCUT2D eigenvalue weighted by Crippen LogP contribution is 2.18. The minimum absolute atomic E-state index is 0.0472. The largest absolute Gasteiger partial charge is 0.377 e. The van der Waals surface area contributed by atoms with Crippen LogP contribution in [0.3, 0.4) is 0 Å². The third-order valence-corrected chi connectivity index (χ3v) is 2.64. The van der Waals surface area contributed by atoms with Crippen molar-refractivity contribution >= 4 is 11.6 Å². The van der Waals surface area contributed by atoms with Crippen LogP contribution in [-0.2, 0) is 20.7 Å². The van der Waals surface area contributed by atoms with Crippen molar-refractivity contribution in [1.29, 1.82) is 0 Å². The zero-order valence-electron chi connectivity index (χ0n) is 11.0. The Morgan fingerprint density at radius 2 is 1.94 bits per heavy atom. The molecule has 1 aromatic rings. The number of carbonyl (C=O) groups excluding carboxylic acids is 1. The summed E-state index contributed by atoms with van der Waals surface area (Å²) in [6, 6.07) is 7.49. The molecule has 3 N–H and O–H groups in total. The first kappa shape index (κ1) is 14.5. The van der Waals surface area contributed by atoms with Gasteiger partial charge in [-0.2, -0.15) is 0 Å². The van der Waals surface area contributed by atoms with Gasteiger partial charge >= 0.3 is 0 Å². The van der Waals surface area contributed by atoms with Crippen LogP contribution in [0.2, 0.25) is 0 Å². The third kappa shape index (κ3) is 4.01. The van der Waals surface area contributed by atoms with Gasteiger partial charge in [0.05, 0.1) is 12.5 Å². The summed E-state index contributed by atoms with van der Waals surface area (Å²) in [5.41, 5.74) is 6.95. The highest BCUT2D eigenvalue weighted by Gasteiger charge is 2.16. The quantitative estimate of drug-likeness (QED) is 0.714. The van der Waals surface area contributed by atoms with E-state index in [0.717, 1.165) is 11.3 Å². The van der Waals surface area contributed by atoms with Crippen molar-refractivity contribution in [3.8, 4) is 0 Å². The van der Waals surface area contributed by atoms with Gasteiger partial charge in [-0.15, -0.1) is 0 Å². The molecule has 1 amide bonds. The fourth-order valence-corrected chi connectivity index (χ4v) is 1.82. The number of amides is 1. The number of nitrogens with one attached hydrogen (secondary N) is 1. The monoisotopic (exact) mass is 252 g/mol. The van der Waals surface area contributed by atoms with Crippen LogP contribution < -0.4 is 11.1 Å². The Balaban J connectivity index is 2.80. The van der Waals surface area contributed by atoms with Gasteiger partial charge in [0.1, 0.15) is 0 Å². The van der Waals surface area contributed by atoms with Crippen LogP contribution in [0.15, 0.2) is 24.3 Å². The first-order valence-corrected chi connectivity index (χ1v) is 5.76. The van der Waals surface area contributed by atoms with E-state index in [1.54, 1.807) is 14.2 Å². The van der Waals surface area contributed by atoms with Gasteiger partial charge in [-0.3, -0.25) is 4.79 Å². The van der Waals surface area contributed by atoms with E-state index in [-0.39, 0.29) is 24.7 Å². The number of anilines is 1. The number of carbonyl (C=O) groups is 1. The van der Waals surface area contributed by atoms with Crippen molar-refractivity contribution < 1.29 is 14.3 Å². The normalized spacial score (nSPS) is 12.4. The second kappa shape index (κ2) is 6.98. The number of ether oxygens (including phenoxy) is 2. The summed E-state index contributed by atoms with van der Waals surface area (Å²) >= 11 is 0. The molecule has 0 aliphatic rings. The van der Waals surface area contributed by atoms with Crippen LogP contribution in [0.1, 0.15) is 12.5 Å². The molecule has 100 valence electrons. The molecule has 0 fully saturated rings. The van der Waals surface area contributed by atoms with Crippen molar-refractivity contribution in [3.63, 3.8) is 0 Å². The fraction of sp³-hybridized carbons (Fsp3) is 0.462. The minimum Gasteiger partial charge on any atom is -0.377 e. The Morgan fingerprint density at radius 1 is 1.33 bits per heavy atom. The molecule has 5 nitrogen and oxygen atoms in total. The van der Waals surface area contributed by atoms with E-state index in [0.29, 0.717) is 0 Å². The summed E-state index contributed by atoms with van der Waals surface area (Å²) in [4.78, 5) is 11.0. The molecule has 0 saturated heterocycles. The Bertz CT molecular complexity index is 392. The SMILES string of the molecule is COC(OC)C(C)Nc1ccccc1CC(N)=O. The van der Waals surface area contributed by atoms with E-state index in [1.165, 1.54) is 0 Å². The maximum absolute atomic E-state index is 11.0. The molecule has 1 atom stereocenters. The van der Waals surface area contributed by atoms with E-state index in [9.17, 15) is 4.79 Å². The molecule has 0 radical (unpaired) electrons. The van der Waals surface area contributed by atoms with E-state index >= 15 is 0 Å². The van der Waals surface area contributed by atoms with Gasteiger partial charge in [-0.05, 0) is 18.6 Å². The second-order valence-electron chi connectivity index (χ2n) is 4.07. The van der Waals surface area contributed by atoms with Crippen molar-refractivity contribution in [2.75, 3.05) is 19.5 Å². The number of primary amides is 1. The summed E-state index contributed by atoms with van der Waals surface area (Å²) < 4.78 is 10.4. The first-order valence-electron chi connectivity index (χ1n) is 5.76. The molecular weight excluding hydrogens is 232 g/mol. The first-order chi connectivity index (χ1) is 8.58. The lowest BCUT2D eigenvalue weighted by atomic mass is 10.1. The summed E-state index contributed by atoms with van der Waals surface area (Å²) in [5.74, 6) is -0.355. The lowest BCUT2D eigenvalue weighted by Gasteiger charge is -2.24. The standard InChI is InChI=1S/C13H20N2O3/c1-9(13(17-2)18-3)15-11-7-5-4-6-10(11)8-12(14)16/h4-7,9,13,15H,8H2,1-3H3,(H2,14,16). The topological polar surface area (TPSA) is 73.6 Å². The van der Waals surface area contributed by atoms with Gasteiger partial charge in [0.2, 0.25) is 5.91 Å². The maximum Gasteiger partial charge on any atom is 0.221 e. The van der Waals surface area contributed by atoms with Gasteiger partial charge in [-0.1, -0.05) is 18.2 Å². The Labute approximate surface area is 107 Å². The van der Waals surface area contributed by atoms with Crippen LogP contribution >= 0.6 is 0 Å². The van der Waals surface area contributed by atoms with Crippen LogP contribution in [0.25, 0.3) is 0 Å². The molecule has 0 bridgehead atoms. The lowest BCUT2D eigenvalue weighted by Crippen LogP contribution is -2.34. The zero-order chi connectivity index (χ0) is 13.5. The number of nitrogens with two attached hydrogens (primary N) is 1. The lowest BCUT2D eigenvalue weighted by molar-refractivity contribution is -0.117. The van der Waals surface area contributed by atoms with Crippen LogP contribution in [0.4, 0.5) is 5.69 Å². The molecule has 0 heterocycles. The molecule has 1 unspecified atom stereocenters. The smallest absolute Gasteiger partial charge is 0.221 e. The van der Waals surface area contributed by atoms with Gasteiger partial charge < -0.3 is 20.5 Å². The number of methoxy groups -OCH3 is 2. The van der Waals surface area contributed by atoms with Gasteiger partial charge in [0.15, 0.2) is 6.29 Å². The predicted octanol–water partition coefficient (Wildman–Crippen LogP) is 1.13. The van der Waals surface area contributed by atoms with Gasteiger partial charge in [0.25, 0.3) is 0 Å². The summed E-state index contributed by atoms with van der Waals surface area (Å²) in [6.45, 7) is 1.94. The van der Waals surface area contributed by atoms with Crippen LogP contribution in [0.5, 0.6) is 0 Å². The van der Waals surface area contributed by atoms with Gasteiger partial charge in [0, 0.05) is 19.9 Å². The van der Waals surface area contributed by atoms with Crippen molar-refractivity contribution in [1.82, 2.24) is 0 Å². The predicted molar refractivity (Wildman–Crippen MR) is 70.2 cm³/mol. The number of hydrogen-bond acceptors (Lipinski definition) is 4. The van der Waals surface area contributed by atoms with Crippen molar-refractivity contribution in [2.45, 2.75) is 25.7 Å². The number of para-hydroxylation sites is 1. The van der Waals surface area contributed by atoms with Crippen LogP contribution in [-0.4, -0.2) is 32.5 Å². The molecular formula is C13H20N2O3. The molecule has 0 spiro atoms. The molecule has 0 saturated carbocycles. The summed E-state index contributed by atoms with van der Waals surface area (Å²) in [7, 11) is 3.17. The van der Waals surface area contributed by atoms with E-state index in [2.05, 4.69) is 5.32 Å². The van der Waals surface area contributed by atoms with Crippen molar-refractivity contribution in [3.05, 3.63) is 29.8 Å². The van der Waals surface area contributed by atoms with Gasteiger partial charge in [-0.25, -0.2) is 0 Å². The molecule has 0 aliphatic carbocycles. The molecule has 1 rings (SSSR count). The Hall–Kier alpha value is -1.59. The highest BCUT2D eigenvalue weighted by atomic mass is 16.7. The highest BCUT2D eigenvalue weighted by molar-refractivity contribution is 5.78. The Morgan fingerprint density at radius 3 is 2.50 bits per heavy atom. The second-order valence-corrected chi connectivity index (χ2v) is 4.07. The molecule has 5 heteroatoms. The Kier molecular flexibility index (Phi) is 5.61. The van der Waals surface area contributed by atoms with Crippen LogP contribution in [0, 0.1) is 0 Å².